The summed E-state index contributed by atoms with van der Waals surface area (Å²) >= 11 is 0. The molecule has 0 heterocycles. The lowest BCUT2D eigenvalue weighted by Crippen LogP contribution is -2.11. The smallest absolute Gasteiger partial charge is 0.128 e. The van der Waals surface area contributed by atoms with Crippen LogP contribution in [-0.4, -0.2) is 45.8 Å². The van der Waals surface area contributed by atoms with Gasteiger partial charge in [-0.2, -0.15) is 0 Å². The van der Waals surface area contributed by atoms with Crippen molar-refractivity contribution in [3.8, 4) is 11.5 Å². The van der Waals surface area contributed by atoms with Crippen LogP contribution >= 0.6 is 0 Å². The van der Waals surface area contributed by atoms with Gasteiger partial charge in [0.2, 0.25) is 0 Å². The molecule has 0 saturated heterocycles. The molecule has 0 unspecified atom stereocenters. The van der Waals surface area contributed by atoms with Crippen molar-refractivity contribution in [1.82, 2.24) is 0 Å². The van der Waals surface area contributed by atoms with Crippen molar-refractivity contribution in [2.75, 3.05) is 40.6 Å². The van der Waals surface area contributed by atoms with Crippen LogP contribution < -0.4 is 9.47 Å². The predicted molar refractivity (Wildman–Crippen MR) is 71.8 cm³/mol. The van der Waals surface area contributed by atoms with Crippen molar-refractivity contribution < 1.29 is 24.1 Å². The molecule has 1 atom stereocenters. The van der Waals surface area contributed by atoms with Crippen LogP contribution in [-0.2, 0) is 9.47 Å². The van der Waals surface area contributed by atoms with Crippen molar-refractivity contribution in [2.24, 2.45) is 0 Å². The third kappa shape index (κ3) is 5.46. The SMILES string of the molecule is COCCOCCOc1cc(OC)ccc1[C@H](C)O. The number of hydrogen-bond donors (Lipinski definition) is 1. The summed E-state index contributed by atoms with van der Waals surface area (Å²) in [5.74, 6) is 1.31. The van der Waals surface area contributed by atoms with Gasteiger partial charge < -0.3 is 24.1 Å². The van der Waals surface area contributed by atoms with Gasteiger partial charge in [0, 0.05) is 18.7 Å². The monoisotopic (exact) mass is 270 g/mol. The number of aliphatic hydroxyl groups is 1. The summed E-state index contributed by atoms with van der Waals surface area (Å²) in [7, 11) is 3.22. The molecule has 108 valence electrons. The lowest BCUT2D eigenvalue weighted by molar-refractivity contribution is 0.0537. The van der Waals surface area contributed by atoms with E-state index in [4.69, 9.17) is 18.9 Å². The van der Waals surface area contributed by atoms with Gasteiger partial charge in [-0.05, 0) is 19.1 Å². The first-order valence-electron chi connectivity index (χ1n) is 6.24. The first-order chi connectivity index (χ1) is 9.19. The zero-order valence-electron chi connectivity index (χ0n) is 11.7. The Hall–Kier alpha value is -1.30. The highest BCUT2D eigenvalue weighted by molar-refractivity contribution is 5.41. The van der Waals surface area contributed by atoms with Gasteiger partial charge in [0.15, 0.2) is 0 Å². The van der Waals surface area contributed by atoms with Crippen molar-refractivity contribution in [3.05, 3.63) is 23.8 Å². The van der Waals surface area contributed by atoms with E-state index in [0.29, 0.717) is 37.9 Å². The highest BCUT2D eigenvalue weighted by atomic mass is 16.5. The van der Waals surface area contributed by atoms with Crippen LogP contribution in [0.2, 0.25) is 0 Å². The number of benzene rings is 1. The second-order valence-corrected chi connectivity index (χ2v) is 4.03. The van der Waals surface area contributed by atoms with Gasteiger partial charge in [0.05, 0.1) is 33.0 Å². The lowest BCUT2D eigenvalue weighted by Gasteiger charge is -2.14. The fourth-order valence-electron chi connectivity index (χ4n) is 1.57. The molecule has 0 aliphatic heterocycles. The molecule has 0 fully saturated rings. The Morgan fingerprint density at radius 2 is 1.84 bits per heavy atom. The van der Waals surface area contributed by atoms with E-state index in [1.54, 1.807) is 39.3 Å². The Balaban J connectivity index is 2.50. The highest BCUT2D eigenvalue weighted by Gasteiger charge is 2.10. The van der Waals surface area contributed by atoms with E-state index in [0.717, 1.165) is 5.56 Å². The number of aliphatic hydroxyl groups excluding tert-OH is 1. The summed E-state index contributed by atoms with van der Waals surface area (Å²) < 4.78 is 20.9. The van der Waals surface area contributed by atoms with Gasteiger partial charge in [-0.15, -0.1) is 0 Å². The summed E-state index contributed by atoms with van der Waals surface area (Å²) in [6.07, 6.45) is -0.588. The van der Waals surface area contributed by atoms with Crippen LogP contribution in [0.15, 0.2) is 18.2 Å². The topological polar surface area (TPSA) is 57.2 Å². The minimum atomic E-state index is -0.588. The molecule has 1 N–H and O–H groups in total. The molecule has 0 radical (unpaired) electrons. The number of methoxy groups -OCH3 is 2. The minimum absolute atomic E-state index is 0.413. The Kier molecular flexibility index (Phi) is 7.25. The van der Waals surface area contributed by atoms with Crippen LogP contribution in [0.3, 0.4) is 0 Å². The normalized spacial score (nSPS) is 12.2. The Bertz CT molecular complexity index is 365. The standard InChI is InChI=1S/C14H22O5/c1-11(15)13-5-4-12(17-3)10-14(13)19-9-8-18-7-6-16-2/h4-5,10-11,15H,6-9H2,1-3H3/t11-/m0/s1. The third-order valence-corrected chi connectivity index (χ3v) is 2.59. The van der Waals surface area contributed by atoms with Gasteiger partial charge in [-0.3, -0.25) is 0 Å². The summed E-state index contributed by atoms with van der Waals surface area (Å²) in [5, 5.41) is 9.67. The van der Waals surface area contributed by atoms with E-state index < -0.39 is 6.10 Å². The first kappa shape index (κ1) is 15.8. The Labute approximate surface area is 114 Å². The molecule has 1 rings (SSSR count). The quantitative estimate of drug-likeness (QED) is 0.693. The predicted octanol–water partition coefficient (Wildman–Crippen LogP) is 1.79. The largest absolute Gasteiger partial charge is 0.497 e. The molecular weight excluding hydrogens is 248 g/mol. The van der Waals surface area contributed by atoms with Gasteiger partial charge in [0.25, 0.3) is 0 Å². The summed E-state index contributed by atoms with van der Waals surface area (Å²) in [6.45, 7) is 3.69. The van der Waals surface area contributed by atoms with Crippen LogP contribution in [0.4, 0.5) is 0 Å². The molecule has 0 aliphatic rings. The van der Waals surface area contributed by atoms with Crippen molar-refractivity contribution in [3.63, 3.8) is 0 Å². The van der Waals surface area contributed by atoms with Gasteiger partial charge in [0.1, 0.15) is 18.1 Å². The highest BCUT2D eigenvalue weighted by Crippen LogP contribution is 2.29. The second-order valence-electron chi connectivity index (χ2n) is 4.03. The van der Waals surface area contributed by atoms with E-state index in [9.17, 15) is 5.11 Å². The van der Waals surface area contributed by atoms with Crippen LogP contribution in [0.5, 0.6) is 11.5 Å². The van der Waals surface area contributed by atoms with Crippen molar-refractivity contribution in [2.45, 2.75) is 13.0 Å². The number of rotatable bonds is 9. The maximum absolute atomic E-state index is 9.67. The Morgan fingerprint density at radius 1 is 1.11 bits per heavy atom. The molecule has 5 nitrogen and oxygen atoms in total. The van der Waals surface area contributed by atoms with E-state index in [1.807, 2.05) is 0 Å². The number of hydrogen-bond acceptors (Lipinski definition) is 5. The van der Waals surface area contributed by atoms with Crippen LogP contribution in [0.25, 0.3) is 0 Å². The molecule has 0 bridgehead atoms. The summed E-state index contributed by atoms with van der Waals surface area (Å²) in [5.41, 5.74) is 0.734. The zero-order valence-corrected chi connectivity index (χ0v) is 11.7. The molecule has 0 amide bonds. The minimum Gasteiger partial charge on any atom is -0.497 e. The van der Waals surface area contributed by atoms with Crippen molar-refractivity contribution >= 4 is 0 Å². The maximum Gasteiger partial charge on any atom is 0.128 e. The van der Waals surface area contributed by atoms with Gasteiger partial charge in [-0.25, -0.2) is 0 Å². The number of ether oxygens (including phenoxy) is 4. The van der Waals surface area contributed by atoms with Crippen LogP contribution in [0.1, 0.15) is 18.6 Å². The van der Waals surface area contributed by atoms with Gasteiger partial charge in [-0.1, -0.05) is 0 Å². The molecule has 0 spiro atoms. The second kappa shape index (κ2) is 8.74. The molecule has 0 saturated carbocycles. The average Bonchev–Trinajstić information content (AvgIpc) is 2.42. The van der Waals surface area contributed by atoms with E-state index in [-0.39, 0.29) is 0 Å². The van der Waals surface area contributed by atoms with Crippen molar-refractivity contribution in [1.29, 1.82) is 0 Å². The maximum atomic E-state index is 9.67. The first-order valence-corrected chi connectivity index (χ1v) is 6.24. The molecule has 19 heavy (non-hydrogen) atoms. The molecule has 5 heteroatoms. The lowest BCUT2D eigenvalue weighted by atomic mass is 10.1. The van der Waals surface area contributed by atoms with E-state index in [1.165, 1.54) is 0 Å². The molecule has 1 aromatic carbocycles. The molecule has 1 aromatic rings. The van der Waals surface area contributed by atoms with Crippen LogP contribution in [0, 0.1) is 0 Å². The molecule has 0 aromatic heterocycles. The fourth-order valence-corrected chi connectivity index (χ4v) is 1.57. The van der Waals surface area contributed by atoms with Gasteiger partial charge >= 0.3 is 0 Å². The van der Waals surface area contributed by atoms with E-state index >= 15 is 0 Å². The zero-order chi connectivity index (χ0) is 14.1. The summed E-state index contributed by atoms with van der Waals surface area (Å²) in [4.78, 5) is 0. The average molecular weight is 270 g/mol. The summed E-state index contributed by atoms with van der Waals surface area (Å²) in [6, 6.07) is 5.35. The fraction of sp³-hybridized carbons (Fsp3) is 0.571. The third-order valence-electron chi connectivity index (χ3n) is 2.59. The molecular formula is C14H22O5. The Morgan fingerprint density at radius 3 is 2.47 bits per heavy atom. The van der Waals surface area contributed by atoms with E-state index in [2.05, 4.69) is 0 Å². The molecule has 0 aliphatic carbocycles.